The van der Waals surface area contributed by atoms with Crippen molar-refractivity contribution in [2.45, 2.75) is 56.9 Å². The molecule has 172 valence electrons. The Balaban J connectivity index is 2.13. The van der Waals surface area contributed by atoms with Gasteiger partial charge in [-0.25, -0.2) is 13.9 Å². The minimum absolute atomic E-state index is 0.0109. The Labute approximate surface area is 184 Å². The molecule has 1 aromatic rings. The van der Waals surface area contributed by atoms with Crippen LogP contribution in [-0.4, -0.2) is 79.8 Å². The Hall–Kier alpha value is -2.16. The molecule has 1 aliphatic rings. The first-order valence-corrected chi connectivity index (χ1v) is 11.6. The summed E-state index contributed by atoms with van der Waals surface area (Å²) in [5.41, 5.74) is 1.53. The van der Waals surface area contributed by atoms with Gasteiger partial charge in [-0.3, -0.25) is 14.9 Å². The van der Waals surface area contributed by atoms with Crippen LogP contribution in [0.1, 0.15) is 27.7 Å². The van der Waals surface area contributed by atoms with Crippen molar-refractivity contribution in [2.75, 3.05) is 26.7 Å². The van der Waals surface area contributed by atoms with Gasteiger partial charge in [0.25, 0.3) is 5.91 Å². The van der Waals surface area contributed by atoms with Crippen LogP contribution in [0.3, 0.4) is 0 Å². The topological polar surface area (TPSA) is 108 Å². The maximum absolute atomic E-state index is 13.2. The van der Waals surface area contributed by atoms with Crippen molar-refractivity contribution < 1.29 is 27.9 Å². The fraction of sp³-hybridized carbons (Fsp3) is 0.571. The Kier molecular flexibility index (Phi) is 8.85. The van der Waals surface area contributed by atoms with E-state index in [0.29, 0.717) is 5.75 Å². The maximum Gasteiger partial charge on any atom is 0.264 e. The van der Waals surface area contributed by atoms with E-state index in [9.17, 15) is 13.2 Å². The maximum atomic E-state index is 13.2. The lowest BCUT2D eigenvalue weighted by Crippen LogP contribution is -2.60. The van der Waals surface area contributed by atoms with Gasteiger partial charge >= 0.3 is 0 Å². The van der Waals surface area contributed by atoms with E-state index in [4.69, 9.17) is 14.7 Å². The summed E-state index contributed by atoms with van der Waals surface area (Å²) in [7, 11) is -2.02. The van der Waals surface area contributed by atoms with E-state index < -0.39 is 34.2 Å². The van der Waals surface area contributed by atoms with Crippen molar-refractivity contribution in [1.29, 1.82) is 0 Å². The lowest BCUT2D eigenvalue weighted by Gasteiger charge is -2.40. The summed E-state index contributed by atoms with van der Waals surface area (Å²) >= 11 is 0. The highest BCUT2D eigenvalue weighted by Gasteiger charge is 2.44. The molecule has 0 saturated carbocycles. The molecule has 1 aromatic carbocycles. The number of rotatable bonds is 7. The van der Waals surface area contributed by atoms with Gasteiger partial charge in [0.1, 0.15) is 18.4 Å². The number of carbonyl (C=O) groups excluding carboxylic acids is 1. The normalized spacial score (nSPS) is 23.0. The van der Waals surface area contributed by atoms with Crippen LogP contribution in [0.5, 0.6) is 5.75 Å². The molecule has 0 bridgehead atoms. The van der Waals surface area contributed by atoms with Crippen molar-refractivity contribution in [3.8, 4) is 17.6 Å². The molecule has 4 atom stereocenters. The number of nitrogens with one attached hydrogen (secondary N) is 1. The number of amides is 1. The standard InChI is InChI=1S/C21H31N3O6S/c1-6-23(5)15(2)8-7-13-29-18-9-11-19(12-10-18)31(27,28)24-14-16(3)30-17(4)20(24)21(25)22-26/h9-12,15-17,20,26H,6,13-14H2,1-5H3,(H,22,25). The molecule has 1 aliphatic heterocycles. The van der Waals surface area contributed by atoms with Crippen LogP contribution in [-0.2, 0) is 19.6 Å². The van der Waals surface area contributed by atoms with Crippen LogP contribution in [0.25, 0.3) is 0 Å². The fourth-order valence-electron chi connectivity index (χ4n) is 3.28. The predicted molar refractivity (Wildman–Crippen MR) is 115 cm³/mol. The third kappa shape index (κ3) is 6.18. The second kappa shape index (κ2) is 10.9. The van der Waals surface area contributed by atoms with Crippen molar-refractivity contribution in [2.24, 2.45) is 0 Å². The number of hydrogen-bond acceptors (Lipinski definition) is 7. The Morgan fingerprint density at radius 1 is 1.39 bits per heavy atom. The molecule has 0 radical (unpaired) electrons. The Morgan fingerprint density at radius 3 is 2.61 bits per heavy atom. The highest BCUT2D eigenvalue weighted by molar-refractivity contribution is 7.89. The molecule has 31 heavy (non-hydrogen) atoms. The summed E-state index contributed by atoms with van der Waals surface area (Å²) in [5, 5.41) is 9.04. The Bertz CT molecular complexity index is 909. The summed E-state index contributed by atoms with van der Waals surface area (Å²) in [6.07, 6.45) is -1.12. The molecule has 0 spiro atoms. The number of ether oxygens (including phenoxy) is 2. The SMILES string of the molecule is CCN(C)C(C)C#CCOc1ccc(S(=O)(=O)N2CC(C)OC(C)C2C(=O)NO)cc1. The minimum atomic E-state index is -4.01. The monoisotopic (exact) mass is 453 g/mol. The highest BCUT2D eigenvalue weighted by Crippen LogP contribution is 2.27. The van der Waals surface area contributed by atoms with Crippen LogP contribution >= 0.6 is 0 Å². The first-order valence-electron chi connectivity index (χ1n) is 10.1. The molecule has 10 heteroatoms. The molecular formula is C21H31N3O6S. The minimum Gasteiger partial charge on any atom is -0.481 e. The average molecular weight is 454 g/mol. The van der Waals surface area contributed by atoms with E-state index in [1.165, 1.54) is 17.6 Å². The van der Waals surface area contributed by atoms with Crippen molar-refractivity contribution in [3.05, 3.63) is 24.3 Å². The fourth-order valence-corrected chi connectivity index (χ4v) is 5.00. The van der Waals surface area contributed by atoms with E-state index >= 15 is 0 Å². The quantitative estimate of drug-likeness (QED) is 0.361. The number of sulfonamides is 1. The number of hydrogen-bond donors (Lipinski definition) is 2. The van der Waals surface area contributed by atoms with E-state index in [2.05, 4.69) is 23.7 Å². The molecule has 9 nitrogen and oxygen atoms in total. The number of hydroxylamine groups is 1. The molecule has 2 N–H and O–H groups in total. The van der Waals surface area contributed by atoms with Crippen LogP contribution < -0.4 is 10.2 Å². The lowest BCUT2D eigenvalue weighted by atomic mass is 10.1. The molecule has 0 aliphatic carbocycles. The summed E-state index contributed by atoms with van der Waals surface area (Å²) in [6.45, 7) is 8.45. The first kappa shape index (κ1) is 25.1. The van der Waals surface area contributed by atoms with Crippen LogP contribution in [0.4, 0.5) is 0 Å². The van der Waals surface area contributed by atoms with E-state index in [1.807, 2.05) is 14.0 Å². The molecule has 1 heterocycles. The highest BCUT2D eigenvalue weighted by atomic mass is 32.2. The first-order chi connectivity index (χ1) is 14.6. The molecular weight excluding hydrogens is 422 g/mol. The van der Waals surface area contributed by atoms with Crippen LogP contribution in [0.2, 0.25) is 0 Å². The van der Waals surface area contributed by atoms with E-state index in [-0.39, 0.29) is 24.1 Å². The van der Waals surface area contributed by atoms with Gasteiger partial charge in [-0.1, -0.05) is 18.8 Å². The predicted octanol–water partition coefficient (Wildman–Crippen LogP) is 1.08. The van der Waals surface area contributed by atoms with Crippen molar-refractivity contribution in [3.63, 3.8) is 0 Å². The molecule has 4 unspecified atom stereocenters. The summed E-state index contributed by atoms with van der Waals surface area (Å²) in [4.78, 5) is 14.2. The van der Waals surface area contributed by atoms with Crippen molar-refractivity contribution in [1.82, 2.24) is 14.7 Å². The third-order valence-electron chi connectivity index (χ3n) is 5.23. The molecule has 1 saturated heterocycles. The molecule has 0 aromatic heterocycles. The van der Waals surface area contributed by atoms with Gasteiger partial charge in [0.2, 0.25) is 10.0 Å². The van der Waals surface area contributed by atoms with E-state index in [1.54, 1.807) is 26.0 Å². The van der Waals surface area contributed by atoms with Crippen LogP contribution in [0, 0.1) is 11.8 Å². The van der Waals surface area contributed by atoms with Crippen molar-refractivity contribution >= 4 is 15.9 Å². The summed E-state index contributed by atoms with van der Waals surface area (Å²) in [6, 6.07) is 4.87. The Morgan fingerprint density at radius 2 is 2.03 bits per heavy atom. The second-order valence-electron chi connectivity index (χ2n) is 7.48. The number of nitrogens with zero attached hydrogens (tertiary/aromatic N) is 2. The van der Waals surface area contributed by atoms with Gasteiger partial charge < -0.3 is 9.47 Å². The smallest absolute Gasteiger partial charge is 0.264 e. The molecule has 1 amide bonds. The summed E-state index contributed by atoms with van der Waals surface area (Å²) < 4.78 is 38.6. The molecule has 1 fully saturated rings. The second-order valence-corrected chi connectivity index (χ2v) is 9.37. The van der Waals surface area contributed by atoms with Crippen LogP contribution in [0.15, 0.2) is 29.2 Å². The zero-order chi connectivity index (χ0) is 23.2. The zero-order valence-electron chi connectivity index (χ0n) is 18.5. The molecule has 2 rings (SSSR count). The lowest BCUT2D eigenvalue weighted by molar-refractivity contribution is -0.146. The number of benzene rings is 1. The number of carbonyl (C=O) groups is 1. The van der Waals surface area contributed by atoms with Gasteiger partial charge in [0.15, 0.2) is 0 Å². The number of morpholine rings is 1. The zero-order valence-corrected chi connectivity index (χ0v) is 19.3. The average Bonchev–Trinajstić information content (AvgIpc) is 2.75. The third-order valence-corrected chi connectivity index (χ3v) is 7.09. The summed E-state index contributed by atoms with van der Waals surface area (Å²) in [5.74, 6) is 5.69. The van der Waals surface area contributed by atoms with Gasteiger partial charge in [-0.15, -0.1) is 0 Å². The van der Waals surface area contributed by atoms with Gasteiger partial charge in [0.05, 0.1) is 23.1 Å². The van der Waals surface area contributed by atoms with Gasteiger partial charge in [-0.05, 0) is 58.6 Å². The van der Waals surface area contributed by atoms with Gasteiger partial charge in [0, 0.05) is 6.54 Å². The largest absolute Gasteiger partial charge is 0.481 e. The van der Waals surface area contributed by atoms with E-state index in [0.717, 1.165) is 10.8 Å². The van der Waals surface area contributed by atoms with Gasteiger partial charge in [-0.2, -0.15) is 4.31 Å².